The van der Waals surface area contributed by atoms with E-state index < -0.39 is 5.72 Å². The van der Waals surface area contributed by atoms with Crippen LogP contribution in [0.25, 0.3) is 5.70 Å². The van der Waals surface area contributed by atoms with Crippen molar-refractivity contribution in [2.45, 2.75) is 58.1 Å². The van der Waals surface area contributed by atoms with Crippen molar-refractivity contribution in [1.82, 2.24) is 5.32 Å². The van der Waals surface area contributed by atoms with Gasteiger partial charge in [0.1, 0.15) is 5.75 Å². The molecule has 1 aromatic carbocycles. The van der Waals surface area contributed by atoms with Crippen molar-refractivity contribution in [1.29, 1.82) is 0 Å². The molecule has 1 aromatic rings. The van der Waals surface area contributed by atoms with Gasteiger partial charge in [-0.3, -0.25) is 4.79 Å². The van der Waals surface area contributed by atoms with Gasteiger partial charge >= 0.3 is 0 Å². The smallest absolute Gasteiger partial charge is 0.175 e. The molecule has 1 saturated carbocycles. The number of ether oxygens (including phenoxy) is 1. The van der Waals surface area contributed by atoms with Gasteiger partial charge in [0.2, 0.25) is 0 Å². The lowest BCUT2D eigenvalue weighted by molar-refractivity contribution is -0.118. The van der Waals surface area contributed by atoms with Crippen LogP contribution in [0.1, 0.15) is 57.9 Å². The third-order valence-corrected chi connectivity index (χ3v) is 4.81. The van der Waals surface area contributed by atoms with Gasteiger partial charge in [0, 0.05) is 22.6 Å². The lowest BCUT2D eigenvalue weighted by Gasteiger charge is -2.36. The van der Waals surface area contributed by atoms with E-state index in [9.17, 15) is 4.79 Å². The minimum Gasteiger partial charge on any atom is -0.468 e. The Labute approximate surface area is 143 Å². The Hall–Kier alpha value is -1.48. The second-order valence-electron chi connectivity index (χ2n) is 7.03. The molecule has 1 aliphatic carbocycles. The van der Waals surface area contributed by atoms with Gasteiger partial charge in [-0.15, -0.1) is 0 Å². The monoisotopic (exact) mass is 333 g/mol. The molecule has 1 fully saturated rings. The third kappa shape index (κ3) is 3.89. The number of hydrogen-bond donors (Lipinski definition) is 1. The van der Waals surface area contributed by atoms with Crippen molar-refractivity contribution < 1.29 is 9.53 Å². The summed E-state index contributed by atoms with van der Waals surface area (Å²) < 4.78 is 5.93. The van der Waals surface area contributed by atoms with E-state index in [-0.39, 0.29) is 11.7 Å². The summed E-state index contributed by atoms with van der Waals surface area (Å²) in [5.74, 6) is 1.14. The first-order chi connectivity index (χ1) is 10.9. The van der Waals surface area contributed by atoms with E-state index in [0.29, 0.717) is 5.02 Å². The number of allylic oxidation sites excluding steroid dienone is 1. The lowest BCUT2D eigenvalue weighted by atomic mass is 9.93. The number of benzene rings is 1. The zero-order valence-electron chi connectivity index (χ0n) is 13.8. The molecule has 0 spiro atoms. The average molecular weight is 334 g/mol. The molecule has 1 heterocycles. The molecule has 23 heavy (non-hydrogen) atoms. The topological polar surface area (TPSA) is 38.3 Å². The van der Waals surface area contributed by atoms with Crippen molar-refractivity contribution in [3.8, 4) is 5.75 Å². The Bertz CT molecular complexity index is 628. The van der Waals surface area contributed by atoms with Crippen molar-refractivity contribution >= 4 is 23.1 Å². The second-order valence-corrected chi connectivity index (χ2v) is 7.46. The van der Waals surface area contributed by atoms with Gasteiger partial charge < -0.3 is 10.1 Å². The Morgan fingerprint density at radius 1 is 1.26 bits per heavy atom. The predicted octanol–water partition coefficient (Wildman–Crippen LogP) is 4.94. The number of ketones is 1. The molecule has 1 aliphatic heterocycles. The molecule has 3 rings (SSSR count). The first-order valence-corrected chi connectivity index (χ1v) is 8.85. The summed E-state index contributed by atoms with van der Waals surface area (Å²) in [5, 5.41) is 3.96. The van der Waals surface area contributed by atoms with Gasteiger partial charge in [0.05, 0.1) is 5.70 Å². The highest BCUT2D eigenvalue weighted by Gasteiger charge is 2.30. The van der Waals surface area contributed by atoms with Crippen LogP contribution >= 0.6 is 11.6 Å². The standard InChI is InChI=1S/C19H24ClNO2/c1-19(2)21-16(15-11-14(20)9-10-18(15)23-19)12-17(22)13-7-5-3-4-6-8-13/h9-13,21H,3-8H2,1-2H3/b16-12-. The number of nitrogens with one attached hydrogen (secondary N) is 1. The van der Waals surface area contributed by atoms with Crippen molar-refractivity contribution in [2.75, 3.05) is 0 Å². The number of carbonyl (C=O) groups excluding carboxylic acids is 1. The zero-order valence-corrected chi connectivity index (χ0v) is 14.6. The molecular weight excluding hydrogens is 310 g/mol. The number of carbonyl (C=O) groups is 1. The van der Waals surface area contributed by atoms with E-state index in [4.69, 9.17) is 16.3 Å². The van der Waals surface area contributed by atoms with Crippen LogP contribution < -0.4 is 10.1 Å². The van der Waals surface area contributed by atoms with E-state index in [1.54, 1.807) is 6.08 Å². The number of halogens is 1. The van der Waals surface area contributed by atoms with Crippen LogP contribution in [-0.2, 0) is 4.79 Å². The maximum Gasteiger partial charge on any atom is 0.175 e. The van der Waals surface area contributed by atoms with Crippen LogP contribution in [-0.4, -0.2) is 11.5 Å². The van der Waals surface area contributed by atoms with Crippen LogP contribution in [0.4, 0.5) is 0 Å². The Morgan fingerprint density at radius 2 is 1.96 bits per heavy atom. The molecule has 4 heteroatoms. The molecule has 124 valence electrons. The summed E-state index contributed by atoms with van der Waals surface area (Å²) >= 11 is 6.12. The van der Waals surface area contributed by atoms with Gasteiger partial charge in [0.15, 0.2) is 11.5 Å². The van der Waals surface area contributed by atoms with Crippen LogP contribution in [0.15, 0.2) is 24.3 Å². The number of hydrogen-bond acceptors (Lipinski definition) is 3. The molecule has 3 nitrogen and oxygen atoms in total. The molecule has 0 saturated heterocycles. The first-order valence-electron chi connectivity index (χ1n) is 8.47. The second kappa shape index (κ2) is 6.56. The van der Waals surface area contributed by atoms with E-state index in [0.717, 1.165) is 42.7 Å². The van der Waals surface area contributed by atoms with Gasteiger partial charge in [-0.25, -0.2) is 0 Å². The fourth-order valence-electron chi connectivity index (χ4n) is 3.43. The van der Waals surface area contributed by atoms with Crippen LogP contribution in [0.3, 0.4) is 0 Å². The zero-order chi connectivity index (χ0) is 16.4. The summed E-state index contributed by atoms with van der Waals surface area (Å²) in [7, 11) is 0. The fourth-order valence-corrected chi connectivity index (χ4v) is 3.60. The molecule has 0 atom stereocenters. The molecule has 0 unspecified atom stereocenters. The predicted molar refractivity (Wildman–Crippen MR) is 93.5 cm³/mol. The average Bonchev–Trinajstić information content (AvgIpc) is 2.76. The maximum absolute atomic E-state index is 12.7. The van der Waals surface area contributed by atoms with Crippen LogP contribution in [0, 0.1) is 5.92 Å². The maximum atomic E-state index is 12.7. The van der Waals surface area contributed by atoms with Gasteiger partial charge in [0.25, 0.3) is 0 Å². The van der Waals surface area contributed by atoms with Gasteiger partial charge in [-0.05, 0) is 44.9 Å². The van der Waals surface area contributed by atoms with Crippen molar-refractivity contribution in [3.63, 3.8) is 0 Å². The molecular formula is C19H24ClNO2. The molecule has 0 radical (unpaired) electrons. The molecule has 0 aromatic heterocycles. The minimum absolute atomic E-state index is 0.153. The van der Waals surface area contributed by atoms with Gasteiger partial charge in [-0.1, -0.05) is 37.3 Å². The first kappa shape index (κ1) is 16.4. The van der Waals surface area contributed by atoms with E-state index in [1.807, 2.05) is 32.0 Å². The Morgan fingerprint density at radius 3 is 2.65 bits per heavy atom. The SMILES string of the molecule is CC1(C)N/C(=C\C(=O)C2CCCCCC2)c2cc(Cl)ccc2O1. The normalized spacial score (nSPS) is 22.7. The summed E-state index contributed by atoms with van der Waals surface area (Å²) in [6, 6.07) is 5.53. The van der Waals surface area contributed by atoms with Crippen LogP contribution in [0.2, 0.25) is 5.02 Å². The molecule has 2 aliphatic rings. The highest BCUT2D eigenvalue weighted by molar-refractivity contribution is 6.30. The molecule has 0 bridgehead atoms. The third-order valence-electron chi connectivity index (χ3n) is 4.58. The largest absolute Gasteiger partial charge is 0.468 e. The van der Waals surface area contributed by atoms with Crippen LogP contribution in [0.5, 0.6) is 5.75 Å². The Kier molecular flexibility index (Phi) is 4.67. The summed E-state index contributed by atoms with van der Waals surface area (Å²) in [5.41, 5.74) is 1.13. The number of rotatable bonds is 2. The summed E-state index contributed by atoms with van der Waals surface area (Å²) in [4.78, 5) is 12.7. The van der Waals surface area contributed by atoms with Crippen molar-refractivity contribution in [2.24, 2.45) is 5.92 Å². The Balaban J connectivity index is 1.91. The lowest BCUT2D eigenvalue weighted by Crippen LogP contribution is -2.46. The summed E-state index contributed by atoms with van der Waals surface area (Å²) in [6.45, 7) is 3.91. The highest BCUT2D eigenvalue weighted by Crippen LogP contribution is 2.36. The number of fused-ring (bicyclic) bond motifs is 1. The molecule has 1 N–H and O–H groups in total. The summed E-state index contributed by atoms with van der Waals surface area (Å²) in [6.07, 6.45) is 8.58. The fraction of sp³-hybridized carbons (Fsp3) is 0.526. The minimum atomic E-state index is -0.545. The van der Waals surface area contributed by atoms with E-state index in [1.165, 1.54) is 12.8 Å². The molecule has 0 amide bonds. The van der Waals surface area contributed by atoms with Gasteiger partial charge in [-0.2, -0.15) is 0 Å². The van der Waals surface area contributed by atoms with Crippen molar-refractivity contribution in [3.05, 3.63) is 34.9 Å². The highest BCUT2D eigenvalue weighted by atomic mass is 35.5. The van der Waals surface area contributed by atoms with E-state index >= 15 is 0 Å². The quantitative estimate of drug-likeness (QED) is 0.615. The van der Waals surface area contributed by atoms with E-state index in [2.05, 4.69) is 5.32 Å².